The molecule has 1 aromatic rings. The quantitative estimate of drug-likeness (QED) is 0.849. The topological polar surface area (TPSA) is 94.7 Å². The maximum Gasteiger partial charge on any atom is 0.405 e. The third kappa shape index (κ3) is 6.73. The standard InChI is InChI=1S/C20H31N3O4/c1-19(2,3)26-16-7-6-15(13-22-16)17(24)23-10-8-14(9-11-23)12-20(4,5)27-18(21)25/h6-7,13-14H,8-12H2,1-5H3,(H2,21,25). The van der Waals surface area contributed by atoms with Crippen molar-refractivity contribution in [3.05, 3.63) is 23.9 Å². The molecule has 0 aromatic carbocycles. The number of hydrogen-bond acceptors (Lipinski definition) is 5. The molecule has 0 aliphatic carbocycles. The lowest BCUT2D eigenvalue weighted by Crippen LogP contribution is -2.41. The van der Waals surface area contributed by atoms with Crippen LogP contribution in [0.4, 0.5) is 4.79 Å². The summed E-state index contributed by atoms with van der Waals surface area (Å²) >= 11 is 0. The number of amides is 2. The Hall–Kier alpha value is -2.31. The second kappa shape index (κ2) is 8.15. The number of aromatic nitrogens is 1. The number of hydrogen-bond donors (Lipinski definition) is 1. The first-order chi connectivity index (χ1) is 12.5. The highest BCUT2D eigenvalue weighted by molar-refractivity contribution is 5.94. The van der Waals surface area contributed by atoms with E-state index in [2.05, 4.69) is 4.98 Å². The summed E-state index contributed by atoms with van der Waals surface area (Å²) in [5, 5.41) is 0. The number of carbonyl (C=O) groups excluding carboxylic acids is 2. The van der Waals surface area contributed by atoms with Crippen LogP contribution in [0.25, 0.3) is 0 Å². The van der Waals surface area contributed by atoms with Crippen LogP contribution in [-0.4, -0.2) is 46.2 Å². The van der Waals surface area contributed by atoms with E-state index in [1.807, 2.05) is 39.5 Å². The van der Waals surface area contributed by atoms with Crippen molar-refractivity contribution in [2.24, 2.45) is 11.7 Å². The zero-order valence-electron chi connectivity index (χ0n) is 16.9. The van der Waals surface area contributed by atoms with Crippen molar-refractivity contribution in [3.8, 4) is 5.88 Å². The molecule has 0 saturated carbocycles. The van der Waals surface area contributed by atoms with Crippen molar-refractivity contribution in [2.75, 3.05) is 13.1 Å². The van der Waals surface area contributed by atoms with Crippen LogP contribution in [-0.2, 0) is 4.74 Å². The first kappa shape index (κ1) is 21.0. The van der Waals surface area contributed by atoms with Gasteiger partial charge < -0.3 is 20.1 Å². The number of nitrogens with zero attached hydrogens (tertiary/aromatic N) is 2. The molecular formula is C20H31N3O4. The summed E-state index contributed by atoms with van der Waals surface area (Å²) in [7, 11) is 0. The first-order valence-electron chi connectivity index (χ1n) is 9.38. The Bertz CT molecular complexity index is 657. The Labute approximate surface area is 161 Å². The number of ether oxygens (including phenoxy) is 2. The molecule has 0 unspecified atom stereocenters. The molecule has 1 aliphatic heterocycles. The van der Waals surface area contributed by atoms with Gasteiger partial charge in [0, 0.05) is 25.4 Å². The van der Waals surface area contributed by atoms with Gasteiger partial charge in [-0.1, -0.05) is 0 Å². The molecule has 0 radical (unpaired) electrons. The van der Waals surface area contributed by atoms with Crippen molar-refractivity contribution >= 4 is 12.0 Å². The minimum Gasteiger partial charge on any atom is -0.472 e. The van der Waals surface area contributed by atoms with Gasteiger partial charge in [-0.05, 0) is 65.9 Å². The van der Waals surface area contributed by atoms with Gasteiger partial charge in [0.15, 0.2) is 0 Å². The van der Waals surface area contributed by atoms with E-state index in [0.717, 1.165) is 19.3 Å². The fraction of sp³-hybridized carbons (Fsp3) is 0.650. The van der Waals surface area contributed by atoms with E-state index < -0.39 is 11.7 Å². The molecule has 1 saturated heterocycles. The number of carbonyl (C=O) groups is 2. The summed E-state index contributed by atoms with van der Waals surface area (Å²) in [6, 6.07) is 3.49. The minimum atomic E-state index is -0.751. The van der Waals surface area contributed by atoms with E-state index in [4.69, 9.17) is 15.2 Å². The highest BCUT2D eigenvalue weighted by Crippen LogP contribution is 2.29. The Morgan fingerprint density at radius 1 is 1.19 bits per heavy atom. The number of rotatable bonds is 5. The van der Waals surface area contributed by atoms with Crippen LogP contribution in [0, 0.1) is 5.92 Å². The zero-order chi connectivity index (χ0) is 20.2. The highest BCUT2D eigenvalue weighted by Gasteiger charge is 2.30. The molecule has 2 rings (SSSR count). The van der Waals surface area contributed by atoms with Gasteiger partial charge in [-0.2, -0.15) is 0 Å². The van der Waals surface area contributed by atoms with Gasteiger partial charge in [0.2, 0.25) is 5.88 Å². The number of nitrogens with two attached hydrogens (primary N) is 1. The monoisotopic (exact) mass is 377 g/mol. The van der Waals surface area contributed by atoms with Gasteiger partial charge in [-0.15, -0.1) is 0 Å². The second-order valence-electron chi connectivity index (χ2n) is 8.72. The second-order valence-corrected chi connectivity index (χ2v) is 8.72. The van der Waals surface area contributed by atoms with Crippen LogP contribution >= 0.6 is 0 Å². The minimum absolute atomic E-state index is 0.0177. The van der Waals surface area contributed by atoms with Crippen molar-refractivity contribution in [2.45, 2.75) is 65.1 Å². The lowest BCUT2D eigenvalue weighted by Gasteiger charge is -2.35. The van der Waals surface area contributed by atoms with E-state index in [9.17, 15) is 9.59 Å². The van der Waals surface area contributed by atoms with Crippen molar-refractivity contribution in [1.29, 1.82) is 0 Å². The maximum atomic E-state index is 12.7. The predicted octanol–water partition coefficient (Wildman–Crippen LogP) is 3.38. The molecule has 150 valence electrons. The van der Waals surface area contributed by atoms with Crippen molar-refractivity contribution < 1.29 is 19.1 Å². The molecule has 1 aromatic heterocycles. The normalized spacial score (nSPS) is 16.1. The molecule has 1 fully saturated rings. The molecule has 0 spiro atoms. The largest absolute Gasteiger partial charge is 0.472 e. The van der Waals surface area contributed by atoms with E-state index in [1.54, 1.807) is 18.3 Å². The van der Waals surface area contributed by atoms with Crippen molar-refractivity contribution in [1.82, 2.24) is 9.88 Å². The molecule has 27 heavy (non-hydrogen) atoms. The van der Waals surface area contributed by atoms with Crippen LogP contribution in [0.3, 0.4) is 0 Å². The summed E-state index contributed by atoms with van der Waals surface area (Å²) in [4.78, 5) is 29.8. The molecular weight excluding hydrogens is 346 g/mol. The number of pyridine rings is 1. The Balaban J connectivity index is 1.88. The highest BCUT2D eigenvalue weighted by atomic mass is 16.6. The lowest BCUT2D eigenvalue weighted by molar-refractivity contribution is 0.0174. The number of likely N-dealkylation sites (tertiary alicyclic amines) is 1. The van der Waals surface area contributed by atoms with Gasteiger partial charge in [0.25, 0.3) is 5.91 Å². The van der Waals surface area contributed by atoms with Gasteiger partial charge >= 0.3 is 6.09 Å². The average Bonchev–Trinajstić information content (AvgIpc) is 2.52. The van der Waals surface area contributed by atoms with Gasteiger partial charge in [0.05, 0.1) is 5.56 Å². The molecule has 0 atom stereocenters. The Morgan fingerprint density at radius 3 is 2.30 bits per heavy atom. The number of piperidine rings is 1. The Kier molecular flexibility index (Phi) is 6.34. The molecule has 7 nitrogen and oxygen atoms in total. The third-order valence-electron chi connectivity index (χ3n) is 4.45. The van der Waals surface area contributed by atoms with Gasteiger partial charge in [0.1, 0.15) is 11.2 Å². The van der Waals surface area contributed by atoms with Crippen LogP contribution < -0.4 is 10.5 Å². The van der Waals surface area contributed by atoms with E-state index in [1.165, 1.54) is 0 Å². The fourth-order valence-corrected chi connectivity index (χ4v) is 3.41. The average molecular weight is 377 g/mol. The SMILES string of the molecule is CC(C)(C)Oc1ccc(C(=O)N2CCC(CC(C)(C)OC(N)=O)CC2)cn1. The summed E-state index contributed by atoms with van der Waals surface area (Å²) in [5.41, 5.74) is 4.77. The molecule has 1 aliphatic rings. The fourth-order valence-electron chi connectivity index (χ4n) is 3.41. The summed E-state index contributed by atoms with van der Waals surface area (Å²) in [5.74, 6) is 0.884. The molecule has 2 N–H and O–H groups in total. The summed E-state index contributed by atoms with van der Waals surface area (Å²) in [6.07, 6.45) is 3.29. The predicted molar refractivity (Wildman–Crippen MR) is 103 cm³/mol. The van der Waals surface area contributed by atoms with Crippen LogP contribution in [0.5, 0.6) is 5.88 Å². The van der Waals surface area contributed by atoms with Crippen LogP contribution in [0.1, 0.15) is 64.2 Å². The number of primary amides is 1. The summed E-state index contributed by atoms with van der Waals surface area (Å²) < 4.78 is 10.9. The summed E-state index contributed by atoms with van der Waals surface area (Å²) in [6.45, 7) is 10.9. The van der Waals surface area contributed by atoms with Gasteiger partial charge in [-0.3, -0.25) is 4.79 Å². The van der Waals surface area contributed by atoms with E-state index in [-0.39, 0.29) is 11.5 Å². The molecule has 2 amide bonds. The Morgan fingerprint density at radius 2 is 1.81 bits per heavy atom. The molecule has 2 heterocycles. The maximum absolute atomic E-state index is 12.7. The van der Waals surface area contributed by atoms with E-state index >= 15 is 0 Å². The molecule has 7 heteroatoms. The third-order valence-corrected chi connectivity index (χ3v) is 4.45. The lowest BCUT2D eigenvalue weighted by atomic mass is 9.86. The zero-order valence-corrected chi connectivity index (χ0v) is 16.9. The van der Waals surface area contributed by atoms with E-state index in [0.29, 0.717) is 30.5 Å². The van der Waals surface area contributed by atoms with Crippen LogP contribution in [0.2, 0.25) is 0 Å². The smallest absolute Gasteiger partial charge is 0.405 e. The van der Waals surface area contributed by atoms with Crippen molar-refractivity contribution in [3.63, 3.8) is 0 Å². The van der Waals surface area contributed by atoms with Gasteiger partial charge in [-0.25, -0.2) is 9.78 Å². The van der Waals surface area contributed by atoms with Crippen LogP contribution in [0.15, 0.2) is 18.3 Å². The molecule has 0 bridgehead atoms. The first-order valence-corrected chi connectivity index (χ1v) is 9.38.